The van der Waals surface area contributed by atoms with Gasteiger partial charge in [0.15, 0.2) is 0 Å². The Morgan fingerprint density at radius 2 is 1.96 bits per heavy atom. The molecule has 1 aliphatic rings. The Morgan fingerprint density at radius 1 is 1.08 bits per heavy atom. The molecule has 1 aromatic heterocycles. The summed E-state index contributed by atoms with van der Waals surface area (Å²) in [4.78, 5) is 13.8. The van der Waals surface area contributed by atoms with E-state index in [9.17, 15) is 0 Å². The van der Waals surface area contributed by atoms with Crippen LogP contribution in [-0.4, -0.2) is 23.1 Å². The van der Waals surface area contributed by atoms with E-state index in [1.54, 1.807) is 0 Å². The second-order valence-corrected chi connectivity index (χ2v) is 6.33. The lowest BCUT2D eigenvalue weighted by molar-refractivity contribution is 0.918. The molecule has 0 unspecified atom stereocenters. The Kier molecular flexibility index (Phi) is 4.10. The normalized spacial score (nSPS) is 13.0. The summed E-state index contributed by atoms with van der Waals surface area (Å²) in [6, 6.07) is 19.0. The van der Waals surface area contributed by atoms with E-state index in [0.717, 1.165) is 37.0 Å². The molecule has 0 atom stereocenters. The van der Waals surface area contributed by atoms with E-state index in [-0.39, 0.29) is 0 Å². The van der Waals surface area contributed by atoms with E-state index < -0.39 is 0 Å². The molecular formula is C21H22N4. The molecule has 0 amide bonds. The van der Waals surface area contributed by atoms with Crippen LogP contribution >= 0.6 is 0 Å². The molecule has 2 heterocycles. The molecule has 4 rings (SSSR count). The summed E-state index contributed by atoms with van der Waals surface area (Å²) in [6.45, 7) is 6.02. The average Bonchev–Trinajstić information content (AvgIpc) is 3.07. The van der Waals surface area contributed by atoms with Gasteiger partial charge in [0.25, 0.3) is 0 Å². The van der Waals surface area contributed by atoms with Gasteiger partial charge in [-0.2, -0.15) is 4.98 Å². The predicted octanol–water partition coefficient (Wildman–Crippen LogP) is 4.64. The van der Waals surface area contributed by atoms with E-state index in [1.807, 2.05) is 12.3 Å². The van der Waals surface area contributed by atoms with E-state index in [4.69, 9.17) is 4.98 Å². The number of aryl methyl sites for hydroxylation is 1. The van der Waals surface area contributed by atoms with Gasteiger partial charge < -0.3 is 9.80 Å². The lowest BCUT2D eigenvalue weighted by Gasteiger charge is -2.24. The molecule has 0 radical (unpaired) electrons. The smallest absolute Gasteiger partial charge is 0.231 e. The molecule has 4 heteroatoms. The molecule has 126 valence electrons. The lowest BCUT2D eigenvalue weighted by Crippen LogP contribution is -2.21. The van der Waals surface area contributed by atoms with Crippen LogP contribution < -0.4 is 9.80 Å². The van der Waals surface area contributed by atoms with Crippen LogP contribution in [0.25, 0.3) is 0 Å². The van der Waals surface area contributed by atoms with Gasteiger partial charge in [-0.3, -0.25) is 0 Å². The maximum Gasteiger partial charge on any atom is 0.231 e. The minimum absolute atomic E-state index is 0.745. The highest BCUT2D eigenvalue weighted by Gasteiger charge is 2.22. The van der Waals surface area contributed by atoms with Crippen LogP contribution in [0.1, 0.15) is 18.1 Å². The molecule has 0 bridgehead atoms. The van der Waals surface area contributed by atoms with Gasteiger partial charge in [0.2, 0.25) is 5.95 Å². The second-order valence-electron chi connectivity index (χ2n) is 6.33. The van der Waals surface area contributed by atoms with Gasteiger partial charge in [-0.25, -0.2) is 4.98 Å². The van der Waals surface area contributed by atoms with Gasteiger partial charge in [-0.05, 0) is 55.7 Å². The number of anilines is 4. The van der Waals surface area contributed by atoms with Crippen LogP contribution in [0.5, 0.6) is 0 Å². The van der Waals surface area contributed by atoms with Crippen molar-refractivity contribution in [2.75, 3.05) is 22.9 Å². The summed E-state index contributed by atoms with van der Waals surface area (Å²) in [5.41, 5.74) is 5.00. The molecule has 0 saturated heterocycles. The predicted molar refractivity (Wildman–Crippen MR) is 103 cm³/mol. The number of hydrogen-bond donors (Lipinski definition) is 0. The molecular weight excluding hydrogens is 308 g/mol. The molecule has 0 fully saturated rings. The van der Waals surface area contributed by atoms with E-state index in [2.05, 4.69) is 77.2 Å². The molecule has 3 aromatic rings. The van der Waals surface area contributed by atoms with Crippen LogP contribution in [0.2, 0.25) is 0 Å². The summed E-state index contributed by atoms with van der Waals surface area (Å²) in [6.07, 6.45) is 2.92. The monoisotopic (exact) mass is 330 g/mol. The fraction of sp³-hybridized carbons (Fsp3) is 0.238. The summed E-state index contributed by atoms with van der Waals surface area (Å²) in [5, 5.41) is 0. The highest BCUT2D eigenvalue weighted by atomic mass is 15.3. The van der Waals surface area contributed by atoms with Crippen molar-refractivity contribution in [3.63, 3.8) is 0 Å². The van der Waals surface area contributed by atoms with Crippen LogP contribution in [0.15, 0.2) is 60.8 Å². The molecule has 2 aromatic carbocycles. The lowest BCUT2D eigenvalue weighted by atomic mass is 10.2. The van der Waals surface area contributed by atoms with Crippen molar-refractivity contribution in [2.24, 2.45) is 0 Å². The molecule has 0 saturated carbocycles. The zero-order valence-electron chi connectivity index (χ0n) is 14.7. The van der Waals surface area contributed by atoms with Crippen LogP contribution in [0, 0.1) is 6.92 Å². The van der Waals surface area contributed by atoms with E-state index >= 15 is 0 Å². The van der Waals surface area contributed by atoms with Gasteiger partial charge >= 0.3 is 0 Å². The van der Waals surface area contributed by atoms with E-state index in [0.29, 0.717) is 0 Å². The van der Waals surface area contributed by atoms with Crippen molar-refractivity contribution >= 4 is 23.1 Å². The summed E-state index contributed by atoms with van der Waals surface area (Å²) in [7, 11) is 0. The molecule has 0 spiro atoms. The number of rotatable bonds is 4. The van der Waals surface area contributed by atoms with Crippen molar-refractivity contribution in [3.05, 3.63) is 71.9 Å². The average molecular weight is 330 g/mol. The van der Waals surface area contributed by atoms with E-state index in [1.165, 1.54) is 16.8 Å². The van der Waals surface area contributed by atoms with Gasteiger partial charge in [-0.1, -0.05) is 30.3 Å². The Balaban J connectivity index is 1.70. The first-order valence-corrected chi connectivity index (χ1v) is 8.79. The number of benzene rings is 2. The second kappa shape index (κ2) is 6.55. The maximum atomic E-state index is 4.87. The zero-order chi connectivity index (χ0) is 17.2. The zero-order valence-corrected chi connectivity index (χ0v) is 14.7. The van der Waals surface area contributed by atoms with Crippen molar-refractivity contribution < 1.29 is 0 Å². The third-order valence-electron chi connectivity index (χ3n) is 4.66. The van der Waals surface area contributed by atoms with Crippen molar-refractivity contribution in [1.29, 1.82) is 0 Å². The van der Waals surface area contributed by atoms with Crippen molar-refractivity contribution in [1.82, 2.24) is 9.97 Å². The number of aromatic nitrogens is 2. The van der Waals surface area contributed by atoms with Crippen molar-refractivity contribution in [3.8, 4) is 0 Å². The van der Waals surface area contributed by atoms with Gasteiger partial charge in [-0.15, -0.1) is 0 Å². The fourth-order valence-corrected chi connectivity index (χ4v) is 3.43. The summed E-state index contributed by atoms with van der Waals surface area (Å²) in [5.74, 6) is 1.70. The highest BCUT2D eigenvalue weighted by Crippen LogP contribution is 2.34. The molecule has 0 aliphatic carbocycles. The number of fused-ring (bicyclic) bond motifs is 1. The van der Waals surface area contributed by atoms with Gasteiger partial charge in [0.05, 0.1) is 0 Å². The maximum absolute atomic E-state index is 4.87. The molecule has 25 heavy (non-hydrogen) atoms. The third kappa shape index (κ3) is 2.95. The molecule has 4 nitrogen and oxygen atoms in total. The van der Waals surface area contributed by atoms with Gasteiger partial charge in [0, 0.05) is 30.7 Å². The fourth-order valence-electron chi connectivity index (χ4n) is 3.43. The quantitative estimate of drug-likeness (QED) is 0.698. The topological polar surface area (TPSA) is 32.3 Å². The summed E-state index contributed by atoms with van der Waals surface area (Å²) >= 11 is 0. The number of para-hydroxylation sites is 1. The van der Waals surface area contributed by atoms with Crippen molar-refractivity contribution in [2.45, 2.75) is 20.3 Å². The number of nitrogens with zero attached hydrogens (tertiary/aromatic N) is 4. The Hall–Kier alpha value is -2.88. The Labute approximate surface area is 148 Å². The summed E-state index contributed by atoms with van der Waals surface area (Å²) < 4.78 is 0. The highest BCUT2D eigenvalue weighted by molar-refractivity contribution is 5.68. The molecule has 0 N–H and O–H groups in total. The third-order valence-corrected chi connectivity index (χ3v) is 4.66. The van der Waals surface area contributed by atoms with Crippen LogP contribution in [0.4, 0.5) is 23.1 Å². The van der Waals surface area contributed by atoms with Crippen LogP contribution in [-0.2, 0) is 6.42 Å². The first-order chi connectivity index (χ1) is 12.3. The standard InChI is InChI=1S/C21H22N4/c1-3-24(18-9-6-7-16(2)15-18)21-22-13-11-20(23-21)25-14-12-17-8-4-5-10-19(17)25/h4-11,13,15H,3,12,14H2,1-2H3. The first-order valence-electron chi connectivity index (χ1n) is 8.79. The first kappa shape index (κ1) is 15.6. The Bertz CT molecular complexity index is 890. The number of hydrogen-bond acceptors (Lipinski definition) is 4. The minimum atomic E-state index is 0.745. The minimum Gasteiger partial charge on any atom is -0.326 e. The van der Waals surface area contributed by atoms with Gasteiger partial charge in [0.1, 0.15) is 5.82 Å². The molecule has 1 aliphatic heterocycles. The van der Waals surface area contributed by atoms with Crippen LogP contribution in [0.3, 0.4) is 0 Å². The largest absolute Gasteiger partial charge is 0.326 e. The Morgan fingerprint density at radius 3 is 2.80 bits per heavy atom. The SMILES string of the molecule is CCN(c1cccc(C)c1)c1nccc(N2CCc3ccccc32)n1.